The average molecular weight is 277 g/mol. The van der Waals surface area contributed by atoms with Gasteiger partial charge in [-0.25, -0.2) is 0 Å². The number of amides is 1. The first-order valence-electron chi connectivity index (χ1n) is 7.28. The summed E-state index contributed by atoms with van der Waals surface area (Å²) in [6.07, 6.45) is 2.19. The molecule has 0 saturated carbocycles. The van der Waals surface area contributed by atoms with E-state index in [0.717, 1.165) is 30.8 Å². The molecule has 2 unspecified atom stereocenters. The Morgan fingerprint density at radius 2 is 2.30 bits per heavy atom. The molecule has 0 saturated heterocycles. The standard InChI is InChI=1S/C16H23NO3/c1-3-11(2)14(10-18)17-16(19)9-12-4-5-15-13(8-12)6-7-20-15/h4-5,8,11,14,18H,3,6-7,9-10H2,1-2H3,(H,17,19). The molecule has 0 bridgehead atoms. The van der Waals surface area contributed by atoms with Crippen LogP contribution in [0.1, 0.15) is 31.4 Å². The Morgan fingerprint density at radius 1 is 1.50 bits per heavy atom. The first kappa shape index (κ1) is 14.9. The quantitative estimate of drug-likeness (QED) is 0.832. The van der Waals surface area contributed by atoms with Crippen LogP contribution in [-0.2, 0) is 17.6 Å². The zero-order valence-corrected chi connectivity index (χ0v) is 12.2. The second-order valence-corrected chi connectivity index (χ2v) is 5.46. The molecular weight excluding hydrogens is 254 g/mol. The molecule has 20 heavy (non-hydrogen) atoms. The van der Waals surface area contributed by atoms with Crippen molar-refractivity contribution in [2.45, 2.75) is 39.2 Å². The second kappa shape index (κ2) is 6.75. The van der Waals surface area contributed by atoms with E-state index >= 15 is 0 Å². The van der Waals surface area contributed by atoms with Crippen LogP contribution < -0.4 is 10.1 Å². The van der Waals surface area contributed by atoms with E-state index in [9.17, 15) is 9.90 Å². The number of carbonyl (C=O) groups is 1. The Balaban J connectivity index is 1.94. The zero-order valence-electron chi connectivity index (χ0n) is 12.2. The van der Waals surface area contributed by atoms with Gasteiger partial charge in [0, 0.05) is 6.42 Å². The predicted octanol–water partition coefficient (Wildman–Crippen LogP) is 1.69. The fourth-order valence-corrected chi connectivity index (χ4v) is 2.45. The number of benzene rings is 1. The van der Waals surface area contributed by atoms with Crippen LogP contribution in [-0.4, -0.2) is 30.3 Å². The number of carbonyl (C=O) groups excluding carboxylic acids is 1. The maximum Gasteiger partial charge on any atom is 0.224 e. The van der Waals surface area contributed by atoms with Crippen molar-refractivity contribution in [2.75, 3.05) is 13.2 Å². The highest BCUT2D eigenvalue weighted by Gasteiger charge is 2.18. The van der Waals surface area contributed by atoms with Crippen molar-refractivity contribution in [3.05, 3.63) is 29.3 Å². The molecular formula is C16H23NO3. The molecule has 4 nitrogen and oxygen atoms in total. The second-order valence-electron chi connectivity index (χ2n) is 5.46. The Morgan fingerprint density at radius 3 is 3.00 bits per heavy atom. The first-order valence-corrected chi connectivity index (χ1v) is 7.28. The monoisotopic (exact) mass is 277 g/mol. The third-order valence-corrected chi connectivity index (χ3v) is 3.99. The molecule has 1 aliphatic rings. The van der Waals surface area contributed by atoms with Crippen molar-refractivity contribution in [1.82, 2.24) is 5.32 Å². The number of fused-ring (bicyclic) bond motifs is 1. The highest BCUT2D eigenvalue weighted by molar-refractivity contribution is 5.79. The number of hydrogen-bond donors (Lipinski definition) is 2. The van der Waals surface area contributed by atoms with Crippen LogP contribution in [0.3, 0.4) is 0 Å². The van der Waals surface area contributed by atoms with Gasteiger partial charge in [-0.15, -0.1) is 0 Å². The van der Waals surface area contributed by atoms with Crippen molar-refractivity contribution in [1.29, 1.82) is 0 Å². The minimum Gasteiger partial charge on any atom is -0.493 e. The molecule has 0 aliphatic carbocycles. The topological polar surface area (TPSA) is 58.6 Å². The van der Waals surface area contributed by atoms with Crippen LogP contribution in [0.4, 0.5) is 0 Å². The summed E-state index contributed by atoms with van der Waals surface area (Å²) >= 11 is 0. The van der Waals surface area contributed by atoms with Gasteiger partial charge in [-0.3, -0.25) is 4.79 Å². The number of rotatable bonds is 6. The maximum absolute atomic E-state index is 12.0. The van der Waals surface area contributed by atoms with Gasteiger partial charge in [0.1, 0.15) is 5.75 Å². The van der Waals surface area contributed by atoms with Gasteiger partial charge in [-0.05, 0) is 23.1 Å². The molecule has 2 N–H and O–H groups in total. The van der Waals surface area contributed by atoms with Crippen LogP contribution in [0.5, 0.6) is 5.75 Å². The van der Waals surface area contributed by atoms with Gasteiger partial charge in [0.25, 0.3) is 0 Å². The number of ether oxygens (including phenoxy) is 1. The van der Waals surface area contributed by atoms with E-state index in [1.807, 2.05) is 25.1 Å². The molecule has 1 aromatic carbocycles. The van der Waals surface area contributed by atoms with Crippen LogP contribution in [0.2, 0.25) is 0 Å². The van der Waals surface area contributed by atoms with E-state index in [2.05, 4.69) is 12.2 Å². The minimum atomic E-state index is -0.162. The Labute approximate surface area is 120 Å². The molecule has 1 heterocycles. The van der Waals surface area contributed by atoms with Gasteiger partial charge in [-0.1, -0.05) is 32.4 Å². The molecule has 1 amide bonds. The van der Waals surface area contributed by atoms with Crippen molar-refractivity contribution in [2.24, 2.45) is 5.92 Å². The summed E-state index contributed by atoms with van der Waals surface area (Å²) in [5.74, 6) is 1.17. The Kier molecular flexibility index (Phi) is 5.01. The van der Waals surface area contributed by atoms with E-state index in [4.69, 9.17) is 4.74 Å². The third-order valence-electron chi connectivity index (χ3n) is 3.99. The highest BCUT2D eigenvalue weighted by atomic mass is 16.5. The van der Waals surface area contributed by atoms with Gasteiger partial charge < -0.3 is 15.2 Å². The van der Waals surface area contributed by atoms with Gasteiger partial charge in [-0.2, -0.15) is 0 Å². The van der Waals surface area contributed by atoms with Gasteiger partial charge in [0.15, 0.2) is 0 Å². The summed E-state index contributed by atoms with van der Waals surface area (Å²) in [7, 11) is 0. The molecule has 110 valence electrons. The van der Waals surface area contributed by atoms with Crippen molar-refractivity contribution in [3.63, 3.8) is 0 Å². The predicted molar refractivity (Wildman–Crippen MR) is 77.8 cm³/mol. The average Bonchev–Trinajstić information content (AvgIpc) is 2.91. The number of aliphatic hydroxyl groups excluding tert-OH is 1. The van der Waals surface area contributed by atoms with Crippen LogP contribution in [0, 0.1) is 5.92 Å². The third kappa shape index (κ3) is 3.51. The summed E-state index contributed by atoms with van der Waals surface area (Å²) in [5, 5.41) is 12.3. The lowest BCUT2D eigenvalue weighted by molar-refractivity contribution is -0.121. The van der Waals surface area contributed by atoms with Crippen molar-refractivity contribution in [3.8, 4) is 5.75 Å². The summed E-state index contributed by atoms with van der Waals surface area (Å²) < 4.78 is 5.45. The maximum atomic E-state index is 12.0. The highest BCUT2D eigenvalue weighted by Crippen LogP contribution is 2.26. The first-order chi connectivity index (χ1) is 9.63. The molecule has 2 atom stereocenters. The molecule has 0 aromatic heterocycles. The molecule has 0 fully saturated rings. The summed E-state index contributed by atoms with van der Waals surface area (Å²) in [5.41, 5.74) is 2.17. The molecule has 0 radical (unpaired) electrons. The SMILES string of the molecule is CCC(C)C(CO)NC(=O)Cc1ccc2c(c1)CCO2. The molecule has 1 aliphatic heterocycles. The molecule has 1 aromatic rings. The van der Waals surface area contributed by atoms with E-state index in [0.29, 0.717) is 6.42 Å². The van der Waals surface area contributed by atoms with E-state index in [1.165, 1.54) is 5.56 Å². The van der Waals surface area contributed by atoms with Crippen LogP contribution in [0.25, 0.3) is 0 Å². The normalized spacial score (nSPS) is 16.1. The number of hydrogen-bond acceptors (Lipinski definition) is 3. The van der Waals surface area contributed by atoms with Gasteiger partial charge in [0.05, 0.1) is 25.7 Å². The van der Waals surface area contributed by atoms with E-state index < -0.39 is 0 Å². The summed E-state index contributed by atoms with van der Waals surface area (Å²) in [4.78, 5) is 12.0. The molecule has 0 spiro atoms. The minimum absolute atomic E-state index is 0.0151. The summed E-state index contributed by atoms with van der Waals surface area (Å²) in [6.45, 7) is 4.80. The molecule has 4 heteroatoms. The smallest absolute Gasteiger partial charge is 0.224 e. The summed E-state index contributed by atoms with van der Waals surface area (Å²) in [6, 6.07) is 5.74. The largest absolute Gasteiger partial charge is 0.493 e. The fraction of sp³-hybridized carbons (Fsp3) is 0.562. The van der Waals surface area contributed by atoms with Gasteiger partial charge >= 0.3 is 0 Å². The van der Waals surface area contributed by atoms with Crippen molar-refractivity contribution >= 4 is 5.91 Å². The van der Waals surface area contributed by atoms with Crippen LogP contribution in [0.15, 0.2) is 18.2 Å². The lowest BCUT2D eigenvalue weighted by Gasteiger charge is -2.22. The number of nitrogens with one attached hydrogen (secondary N) is 1. The lowest BCUT2D eigenvalue weighted by atomic mass is 9.99. The van der Waals surface area contributed by atoms with Crippen molar-refractivity contribution < 1.29 is 14.6 Å². The molecule has 2 rings (SSSR count). The fourth-order valence-electron chi connectivity index (χ4n) is 2.45. The van der Waals surface area contributed by atoms with E-state index in [1.54, 1.807) is 0 Å². The zero-order chi connectivity index (χ0) is 14.5. The Bertz CT molecular complexity index is 473. The van der Waals surface area contributed by atoms with E-state index in [-0.39, 0.29) is 24.5 Å². The lowest BCUT2D eigenvalue weighted by Crippen LogP contribution is -2.42. The number of aliphatic hydroxyl groups is 1. The van der Waals surface area contributed by atoms with Gasteiger partial charge in [0.2, 0.25) is 5.91 Å². The Hall–Kier alpha value is -1.55. The van der Waals surface area contributed by atoms with Crippen LogP contribution >= 0.6 is 0 Å².